The maximum absolute atomic E-state index is 12.6. The molecule has 3 N–H and O–H groups in total. The molecule has 0 atom stereocenters. The van der Waals surface area contributed by atoms with Crippen molar-refractivity contribution in [3.8, 4) is 0 Å². The number of hydrogen-bond donors (Lipinski definition) is 2. The number of carbonyl (C=O) groups excluding carboxylic acids is 1. The topological polar surface area (TPSA) is 142 Å². The third-order valence-electron chi connectivity index (χ3n) is 4.02. The van der Waals surface area contributed by atoms with Gasteiger partial charge in [-0.1, -0.05) is 11.8 Å². The molecule has 3 aromatic heterocycles. The summed E-state index contributed by atoms with van der Waals surface area (Å²) in [5.41, 5.74) is 4.38. The Bertz CT molecular complexity index is 1220. The fraction of sp³-hybridized carbons (Fsp3) is 0.312. The molecular formula is C16H17N5O5S2. The van der Waals surface area contributed by atoms with E-state index >= 15 is 0 Å². The smallest absolute Gasteiger partial charge is 0.330 e. The number of ketones is 1. The lowest BCUT2D eigenvalue weighted by molar-refractivity contribution is 0.102. The number of hydrogen-bond acceptors (Lipinski definition) is 9. The Balaban J connectivity index is 1.90. The summed E-state index contributed by atoms with van der Waals surface area (Å²) in [5.74, 6) is -0.966. The van der Waals surface area contributed by atoms with Gasteiger partial charge in [0, 0.05) is 14.2 Å². The minimum absolute atomic E-state index is 0.0935. The maximum atomic E-state index is 12.6. The number of carbonyl (C=O) groups is 1. The number of nitrogens with two attached hydrogens (primary N) is 1. The van der Waals surface area contributed by atoms with Crippen LogP contribution in [0.15, 0.2) is 31.0 Å². The van der Waals surface area contributed by atoms with E-state index in [4.69, 9.17) is 10.5 Å². The Morgan fingerprint density at radius 1 is 1.39 bits per heavy atom. The number of Topliss-reactive ketones (excluding diaryl/α,β-unsaturated/α-hetero) is 1. The zero-order valence-electron chi connectivity index (χ0n) is 15.1. The molecule has 0 aromatic carbocycles. The molecule has 0 aliphatic rings. The Labute approximate surface area is 166 Å². The summed E-state index contributed by atoms with van der Waals surface area (Å²) >= 11 is 2.31. The van der Waals surface area contributed by atoms with E-state index in [0.29, 0.717) is 15.4 Å². The fourth-order valence-corrected chi connectivity index (χ4v) is 4.21. The van der Waals surface area contributed by atoms with Crippen molar-refractivity contribution in [2.75, 3.05) is 25.2 Å². The number of nitrogens with zero attached hydrogens (tertiary/aromatic N) is 3. The first kappa shape index (κ1) is 20.0. The van der Waals surface area contributed by atoms with E-state index in [2.05, 4.69) is 9.97 Å². The highest BCUT2D eigenvalue weighted by Gasteiger charge is 2.20. The largest absolute Gasteiger partial charge is 0.384 e. The van der Waals surface area contributed by atoms with Crippen molar-refractivity contribution < 1.29 is 9.53 Å². The average Bonchev–Trinajstić information content (AvgIpc) is 3.11. The second-order valence-corrected chi connectivity index (χ2v) is 7.63. The van der Waals surface area contributed by atoms with E-state index in [9.17, 15) is 19.2 Å². The monoisotopic (exact) mass is 423 g/mol. The number of fused-ring (bicyclic) bond motifs is 1. The molecule has 0 radical (unpaired) electrons. The number of anilines is 1. The van der Waals surface area contributed by atoms with Crippen molar-refractivity contribution in [1.82, 2.24) is 19.1 Å². The molecule has 0 aliphatic heterocycles. The molecule has 0 bridgehead atoms. The highest BCUT2D eigenvalue weighted by Crippen LogP contribution is 2.21. The number of nitrogen functional groups attached to an aromatic ring is 1. The average molecular weight is 423 g/mol. The van der Waals surface area contributed by atoms with Gasteiger partial charge in [-0.15, -0.1) is 11.3 Å². The van der Waals surface area contributed by atoms with Crippen LogP contribution in [0, 0.1) is 0 Å². The van der Waals surface area contributed by atoms with E-state index in [0.717, 1.165) is 16.3 Å². The number of H-pyrrole nitrogens is 1. The summed E-state index contributed by atoms with van der Waals surface area (Å²) in [6.45, 7) is 0.279. The molecular weight excluding hydrogens is 406 g/mol. The van der Waals surface area contributed by atoms with Crippen molar-refractivity contribution in [1.29, 1.82) is 0 Å². The van der Waals surface area contributed by atoms with Gasteiger partial charge in [0.05, 0.1) is 24.4 Å². The zero-order chi connectivity index (χ0) is 20.4. The lowest BCUT2D eigenvalue weighted by atomic mass is 10.2. The van der Waals surface area contributed by atoms with Gasteiger partial charge in [0.15, 0.2) is 10.9 Å². The lowest BCUT2D eigenvalue weighted by Gasteiger charge is -2.12. The molecule has 0 amide bonds. The third-order valence-corrected chi connectivity index (χ3v) is 5.94. The summed E-state index contributed by atoms with van der Waals surface area (Å²) < 4.78 is 7.87. The van der Waals surface area contributed by atoms with Gasteiger partial charge in [0.1, 0.15) is 16.1 Å². The van der Waals surface area contributed by atoms with E-state index in [1.165, 1.54) is 23.0 Å². The molecule has 0 saturated carbocycles. The summed E-state index contributed by atoms with van der Waals surface area (Å²) in [6, 6.07) is 1.72. The molecule has 0 fully saturated rings. The predicted molar refractivity (Wildman–Crippen MR) is 108 cm³/mol. The maximum Gasteiger partial charge on any atom is 0.330 e. The first-order valence-corrected chi connectivity index (χ1v) is 9.93. The molecule has 28 heavy (non-hydrogen) atoms. The van der Waals surface area contributed by atoms with Crippen molar-refractivity contribution >= 4 is 44.9 Å². The Kier molecular flexibility index (Phi) is 5.82. The standard InChI is InChI=1S/C16H17N5O5S2/c1-20-14(24)11-8(3-6-27-11)18-16(20)28-7-9(22)10-12(17)21(4-5-26-2)15(25)19-13(10)23/h3,6H,4-5,7,17H2,1-2H3,(H,19,23,25). The first-order valence-electron chi connectivity index (χ1n) is 8.07. The molecule has 0 saturated heterocycles. The number of thiophene rings is 1. The van der Waals surface area contributed by atoms with Gasteiger partial charge >= 0.3 is 5.69 Å². The molecule has 10 nitrogen and oxygen atoms in total. The number of aromatic nitrogens is 4. The quantitative estimate of drug-likeness (QED) is 0.308. The molecule has 12 heteroatoms. The Hall–Kier alpha value is -2.70. The van der Waals surface area contributed by atoms with E-state index in [-0.39, 0.29) is 35.8 Å². The first-order chi connectivity index (χ1) is 13.3. The minimum atomic E-state index is -0.850. The van der Waals surface area contributed by atoms with E-state index in [1.54, 1.807) is 18.5 Å². The van der Waals surface area contributed by atoms with Crippen LogP contribution < -0.4 is 22.5 Å². The van der Waals surface area contributed by atoms with Gasteiger partial charge in [0.25, 0.3) is 11.1 Å². The Morgan fingerprint density at radius 3 is 2.86 bits per heavy atom. The van der Waals surface area contributed by atoms with E-state index in [1.807, 2.05) is 0 Å². The number of ether oxygens (including phenoxy) is 1. The van der Waals surface area contributed by atoms with Gasteiger partial charge in [0.2, 0.25) is 0 Å². The summed E-state index contributed by atoms with van der Waals surface area (Å²) in [6.07, 6.45) is 0. The molecule has 3 heterocycles. The molecule has 3 aromatic rings. The number of methoxy groups -OCH3 is 1. The van der Waals surface area contributed by atoms with Crippen LogP contribution in [0.4, 0.5) is 5.82 Å². The highest BCUT2D eigenvalue weighted by molar-refractivity contribution is 7.99. The van der Waals surface area contributed by atoms with Gasteiger partial charge in [-0.3, -0.25) is 28.5 Å². The van der Waals surface area contributed by atoms with Gasteiger partial charge in [-0.25, -0.2) is 9.78 Å². The number of aromatic amines is 1. The van der Waals surface area contributed by atoms with Gasteiger partial charge < -0.3 is 10.5 Å². The van der Waals surface area contributed by atoms with Crippen LogP contribution in [0.5, 0.6) is 0 Å². The lowest BCUT2D eigenvalue weighted by Crippen LogP contribution is -2.37. The summed E-state index contributed by atoms with van der Waals surface area (Å²) in [5, 5.41) is 2.11. The molecule has 148 valence electrons. The second kappa shape index (κ2) is 8.12. The SMILES string of the molecule is COCCn1c(N)c(C(=O)CSc2nc3ccsc3c(=O)n2C)c(=O)[nH]c1=O. The third kappa shape index (κ3) is 3.66. The van der Waals surface area contributed by atoms with Crippen LogP contribution in [0.25, 0.3) is 10.2 Å². The van der Waals surface area contributed by atoms with Crippen molar-refractivity contribution in [3.63, 3.8) is 0 Å². The number of thioether (sulfide) groups is 1. The molecule has 0 spiro atoms. The van der Waals surface area contributed by atoms with Crippen molar-refractivity contribution in [2.45, 2.75) is 11.7 Å². The summed E-state index contributed by atoms with van der Waals surface area (Å²) in [7, 11) is 3.02. The van der Waals surface area contributed by atoms with Crippen LogP contribution in [0.1, 0.15) is 10.4 Å². The zero-order valence-corrected chi connectivity index (χ0v) is 16.7. The number of rotatable bonds is 7. The van der Waals surface area contributed by atoms with Crippen LogP contribution >= 0.6 is 23.1 Å². The minimum Gasteiger partial charge on any atom is -0.384 e. The van der Waals surface area contributed by atoms with Gasteiger partial charge in [-0.2, -0.15) is 0 Å². The molecule has 0 aliphatic carbocycles. The van der Waals surface area contributed by atoms with Crippen LogP contribution in [-0.4, -0.2) is 44.4 Å². The van der Waals surface area contributed by atoms with E-state index < -0.39 is 17.0 Å². The van der Waals surface area contributed by atoms with Crippen LogP contribution in [0.2, 0.25) is 0 Å². The normalized spacial score (nSPS) is 11.2. The number of nitrogens with one attached hydrogen (secondary N) is 1. The van der Waals surface area contributed by atoms with Crippen molar-refractivity contribution in [3.05, 3.63) is 48.2 Å². The Morgan fingerprint density at radius 2 is 2.14 bits per heavy atom. The molecule has 3 rings (SSSR count). The van der Waals surface area contributed by atoms with Gasteiger partial charge in [-0.05, 0) is 11.4 Å². The van der Waals surface area contributed by atoms with Crippen LogP contribution in [-0.2, 0) is 18.3 Å². The predicted octanol–water partition coefficient (Wildman–Crippen LogP) is 0.0486. The second-order valence-electron chi connectivity index (χ2n) is 5.77. The molecule has 0 unspecified atom stereocenters. The summed E-state index contributed by atoms with van der Waals surface area (Å²) in [4.78, 5) is 55.5. The van der Waals surface area contributed by atoms with Crippen molar-refractivity contribution in [2.24, 2.45) is 7.05 Å². The highest BCUT2D eigenvalue weighted by atomic mass is 32.2. The fourth-order valence-electron chi connectivity index (χ4n) is 2.56. The van der Waals surface area contributed by atoms with Crippen LogP contribution in [0.3, 0.4) is 0 Å².